The molecule has 1 aliphatic heterocycles. The highest BCUT2D eigenvalue weighted by atomic mass is 19.1. The van der Waals surface area contributed by atoms with E-state index in [2.05, 4.69) is 13.8 Å². The summed E-state index contributed by atoms with van der Waals surface area (Å²) in [6.45, 7) is 5.18. The molecule has 26 heavy (non-hydrogen) atoms. The number of nitrogens with zero attached hydrogens (tertiary/aromatic N) is 1. The molecule has 3 nitrogen and oxygen atoms in total. The highest BCUT2D eigenvalue weighted by Crippen LogP contribution is 2.32. The summed E-state index contributed by atoms with van der Waals surface area (Å²) in [5.41, 5.74) is 0.630. The van der Waals surface area contributed by atoms with Crippen LogP contribution in [-0.4, -0.2) is 23.0 Å². The van der Waals surface area contributed by atoms with Crippen molar-refractivity contribution in [3.63, 3.8) is 0 Å². The van der Waals surface area contributed by atoms with Crippen LogP contribution in [0.5, 0.6) is 5.75 Å². The van der Waals surface area contributed by atoms with Crippen LogP contribution in [0.25, 0.3) is 0 Å². The molecular weight excluding hydrogens is 329 g/mol. The second-order valence-electron chi connectivity index (χ2n) is 7.97. The van der Waals surface area contributed by atoms with Crippen molar-refractivity contribution in [1.82, 2.24) is 4.90 Å². The van der Waals surface area contributed by atoms with E-state index in [1.54, 1.807) is 13.1 Å². The molecule has 1 heterocycles. The van der Waals surface area contributed by atoms with E-state index in [0.29, 0.717) is 12.1 Å². The van der Waals surface area contributed by atoms with Crippen LogP contribution in [0.15, 0.2) is 12.1 Å². The molecule has 1 unspecified atom stereocenters. The fourth-order valence-electron chi connectivity index (χ4n) is 4.14. The monoisotopic (exact) mass is 363 g/mol. The van der Waals surface area contributed by atoms with E-state index in [4.69, 9.17) is 5.11 Å². The summed E-state index contributed by atoms with van der Waals surface area (Å²) < 4.78 is 13.2. The quantitative estimate of drug-likeness (QED) is 0.662. The number of carbonyl (C=O) groups is 1. The predicted molar refractivity (Wildman–Crippen MR) is 104 cm³/mol. The molecule has 1 aromatic rings. The molecule has 1 atom stereocenters. The summed E-state index contributed by atoms with van der Waals surface area (Å²) in [4.78, 5) is 12.8. The van der Waals surface area contributed by atoms with Gasteiger partial charge in [-0.2, -0.15) is 0 Å². The molecule has 2 aliphatic rings. The maximum atomic E-state index is 13.2. The Morgan fingerprint density at radius 3 is 2.58 bits per heavy atom. The van der Waals surface area contributed by atoms with Crippen LogP contribution in [0.4, 0.5) is 4.39 Å². The van der Waals surface area contributed by atoms with E-state index in [9.17, 15) is 9.18 Å². The lowest BCUT2D eigenvalue weighted by Gasteiger charge is -2.27. The number of benzene rings is 1. The third kappa shape index (κ3) is 5.21. The van der Waals surface area contributed by atoms with Crippen molar-refractivity contribution in [3.05, 3.63) is 29.1 Å². The van der Waals surface area contributed by atoms with Gasteiger partial charge in [0.2, 0.25) is 0 Å². The van der Waals surface area contributed by atoms with Gasteiger partial charge in [0.05, 0.1) is 5.56 Å². The Morgan fingerprint density at radius 2 is 1.92 bits per heavy atom. The van der Waals surface area contributed by atoms with E-state index in [-0.39, 0.29) is 11.5 Å². The first-order valence-electron chi connectivity index (χ1n) is 10.2. The van der Waals surface area contributed by atoms with Gasteiger partial charge in [0.15, 0.2) is 11.6 Å². The zero-order valence-corrected chi connectivity index (χ0v) is 16.6. The van der Waals surface area contributed by atoms with E-state index in [1.165, 1.54) is 68.8 Å². The van der Waals surface area contributed by atoms with Crippen molar-refractivity contribution in [2.45, 2.75) is 78.2 Å². The molecule has 3 rings (SSSR count). The van der Waals surface area contributed by atoms with Gasteiger partial charge in [0.1, 0.15) is 0 Å². The molecule has 0 radical (unpaired) electrons. The average molecular weight is 364 g/mol. The Labute approximate surface area is 157 Å². The minimum absolute atomic E-state index is 0.00231. The first kappa shape index (κ1) is 20.7. The lowest BCUT2D eigenvalue weighted by atomic mass is 9.79. The van der Waals surface area contributed by atoms with E-state index >= 15 is 0 Å². The molecule has 1 aliphatic carbocycles. The molecule has 146 valence electrons. The van der Waals surface area contributed by atoms with Gasteiger partial charge in [0.25, 0.3) is 5.91 Å². The molecule has 0 aromatic heterocycles. The van der Waals surface area contributed by atoms with Gasteiger partial charge in [0, 0.05) is 13.6 Å². The molecule has 4 heteroatoms. The summed E-state index contributed by atoms with van der Waals surface area (Å²) >= 11 is 0. The molecule has 0 bridgehead atoms. The van der Waals surface area contributed by atoms with E-state index in [0.717, 1.165) is 11.8 Å². The molecule has 1 amide bonds. The molecule has 1 N–H and O–H groups in total. The number of fused-ring (bicyclic) bond motifs is 1. The van der Waals surface area contributed by atoms with Crippen molar-refractivity contribution in [2.24, 2.45) is 11.8 Å². The lowest BCUT2D eigenvalue weighted by molar-refractivity contribution is 0.0812. The van der Waals surface area contributed by atoms with Crippen LogP contribution < -0.4 is 0 Å². The van der Waals surface area contributed by atoms with E-state index < -0.39 is 11.6 Å². The summed E-state index contributed by atoms with van der Waals surface area (Å²) in [6, 6.07) is 2.83. The Balaban J connectivity index is 0.000000187. The Kier molecular flexibility index (Phi) is 7.92. The maximum absolute atomic E-state index is 13.2. The number of amides is 1. The highest BCUT2D eigenvalue weighted by molar-refractivity contribution is 5.98. The normalized spacial score (nSPS) is 18.3. The largest absolute Gasteiger partial charge is 0.505 e. The number of aromatic hydroxyl groups is 1. The van der Waals surface area contributed by atoms with Gasteiger partial charge in [-0.3, -0.25) is 4.79 Å². The van der Waals surface area contributed by atoms with Crippen LogP contribution in [0.1, 0.15) is 87.6 Å². The zero-order chi connectivity index (χ0) is 19.1. The molecule has 0 saturated heterocycles. The van der Waals surface area contributed by atoms with Crippen molar-refractivity contribution < 1.29 is 14.3 Å². The van der Waals surface area contributed by atoms with Gasteiger partial charge in [-0.25, -0.2) is 4.39 Å². The number of rotatable bonds is 5. The summed E-state index contributed by atoms with van der Waals surface area (Å²) in [5.74, 6) is 0.426. The Hall–Kier alpha value is -1.58. The maximum Gasteiger partial charge on any atom is 0.257 e. The van der Waals surface area contributed by atoms with Gasteiger partial charge >= 0.3 is 0 Å². The SMILES string of the molecule is CCCCCC(C)C1CCCCC1.CN1Cc2ccc(O)c(F)c2C1=O. The fourth-order valence-corrected chi connectivity index (χ4v) is 4.14. The number of hydrogen-bond acceptors (Lipinski definition) is 2. The van der Waals surface area contributed by atoms with Crippen LogP contribution >= 0.6 is 0 Å². The molecule has 1 saturated carbocycles. The minimum atomic E-state index is -0.813. The van der Waals surface area contributed by atoms with Crippen LogP contribution in [0.3, 0.4) is 0 Å². The Bertz CT molecular complexity index is 596. The van der Waals surface area contributed by atoms with Crippen LogP contribution in [0.2, 0.25) is 0 Å². The number of carbonyl (C=O) groups excluding carboxylic acids is 1. The summed E-state index contributed by atoms with van der Waals surface area (Å²) in [5, 5.41) is 9.04. The van der Waals surface area contributed by atoms with Gasteiger partial charge in [-0.1, -0.05) is 77.7 Å². The summed E-state index contributed by atoms with van der Waals surface area (Å²) in [7, 11) is 1.60. The zero-order valence-electron chi connectivity index (χ0n) is 16.6. The molecular formula is C22H34FNO2. The number of halogens is 1. The molecule has 1 aromatic carbocycles. The Morgan fingerprint density at radius 1 is 1.23 bits per heavy atom. The van der Waals surface area contributed by atoms with Crippen LogP contribution in [0, 0.1) is 17.7 Å². The molecule has 1 fully saturated rings. The lowest BCUT2D eigenvalue weighted by Crippen LogP contribution is -2.18. The predicted octanol–water partition coefficient (Wildman–Crippen LogP) is 5.90. The number of unbranched alkanes of at least 4 members (excludes halogenated alkanes) is 2. The summed E-state index contributed by atoms with van der Waals surface area (Å²) in [6.07, 6.45) is 13.3. The minimum Gasteiger partial charge on any atom is -0.505 e. The number of phenolic OH excluding ortho intramolecular Hbond substituents is 1. The van der Waals surface area contributed by atoms with Gasteiger partial charge < -0.3 is 10.0 Å². The van der Waals surface area contributed by atoms with E-state index in [1.807, 2.05) is 0 Å². The fraction of sp³-hybridized carbons (Fsp3) is 0.682. The smallest absolute Gasteiger partial charge is 0.257 e. The van der Waals surface area contributed by atoms with Crippen LogP contribution in [-0.2, 0) is 6.54 Å². The first-order chi connectivity index (χ1) is 12.5. The number of hydrogen-bond donors (Lipinski definition) is 1. The molecule has 0 spiro atoms. The highest BCUT2D eigenvalue weighted by Gasteiger charge is 2.29. The van der Waals surface area contributed by atoms with Crippen molar-refractivity contribution >= 4 is 5.91 Å². The van der Waals surface area contributed by atoms with Crippen molar-refractivity contribution in [1.29, 1.82) is 0 Å². The number of phenols is 1. The van der Waals surface area contributed by atoms with Crippen molar-refractivity contribution in [3.8, 4) is 5.75 Å². The average Bonchev–Trinajstić information content (AvgIpc) is 2.94. The van der Waals surface area contributed by atoms with Gasteiger partial charge in [-0.15, -0.1) is 0 Å². The third-order valence-corrected chi connectivity index (χ3v) is 5.89. The topological polar surface area (TPSA) is 40.5 Å². The second-order valence-corrected chi connectivity index (χ2v) is 7.97. The van der Waals surface area contributed by atoms with Crippen molar-refractivity contribution in [2.75, 3.05) is 7.05 Å². The third-order valence-electron chi connectivity index (χ3n) is 5.89. The van der Waals surface area contributed by atoms with Gasteiger partial charge in [-0.05, 0) is 23.5 Å². The second kappa shape index (κ2) is 9.94. The standard InChI is InChI=1S/C13H26.C9H8FNO2/c1-3-4-6-9-12(2)13-10-7-5-8-11-13;1-11-4-5-2-3-6(12)8(10)7(5)9(11)13/h12-13H,3-11H2,1-2H3;2-3,12H,4H2,1H3. The first-order valence-corrected chi connectivity index (χ1v) is 10.2.